The lowest BCUT2D eigenvalue weighted by atomic mass is 9.80. The van der Waals surface area contributed by atoms with Gasteiger partial charge in [0.2, 0.25) is 0 Å². The van der Waals surface area contributed by atoms with Crippen LogP contribution in [0, 0.1) is 5.92 Å². The maximum absolute atomic E-state index is 13.1. The fourth-order valence-corrected chi connectivity index (χ4v) is 2.28. The summed E-state index contributed by atoms with van der Waals surface area (Å²) in [6.45, 7) is 2.28. The third-order valence-corrected chi connectivity index (χ3v) is 3.57. The molecule has 96 valence electrons. The van der Waals surface area contributed by atoms with Crippen LogP contribution in [0.1, 0.15) is 50.0 Å². The highest BCUT2D eigenvalue weighted by atomic mass is 19.3. The predicted octanol–water partition coefficient (Wildman–Crippen LogP) is 2.30. The van der Waals surface area contributed by atoms with E-state index in [1.54, 1.807) is 7.05 Å². The molecule has 0 spiro atoms. The standard InChI is InChI=1S/C11H18F2N4/c1-7(8-4-3-5-8)17-10(11(12)13)9(6-14-2)15-16-17/h7-8,11,14H,3-6H2,1-2H3. The van der Waals surface area contributed by atoms with E-state index in [4.69, 9.17) is 0 Å². The van der Waals surface area contributed by atoms with Crippen molar-refractivity contribution in [3.8, 4) is 0 Å². The van der Waals surface area contributed by atoms with E-state index in [9.17, 15) is 8.78 Å². The van der Waals surface area contributed by atoms with Crippen molar-refractivity contribution in [2.24, 2.45) is 5.92 Å². The van der Waals surface area contributed by atoms with Gasteiger partial charge in [-0.05, 0) is 32.7 Å². The molecule has 1 aliphatic rings. The molecule has 0 aromatic carbocycles. The normalized spacial score (nSPS) is 18.4. The van der Waals surface area contributed by atoms with E-state index < -0.39 is 6.43 Å². The van der Waals surface area contributed by atoms with Crippen LogP contribution in [0.15, 0.2) is 0 Å². The average molecular weight is 244 g/mol. The Bertz CT molecular complexity index is 374. The fraction of sp³-hybridized carbons (Fsp3) is 0.818. The zero-order valence-corrected chi connectivity index (χ0v) is 10.2. The first-order chi connectivity index (χ1) is 8.15. The molecule has 0 amide bonds. The van der Waals surface area contributed by atoms with Crippen molar-refractivity contribution in [3.63, 3.8) is 0 Å². The highest BCUT2D eigenvalue weighted by molar-refractivity contribution is 5.12. The molecule has 2 rings (SSSR count). The Morgan fingerprint density at radius 1 is 1.47 bits per heavy atom. The van der Waals surface area contributed by atoms with Crippen molar-refractivity contribution in [2.45, 2.75) is 45.2 Å². The zero-order valence-electron chi connectivity index (χ0n) is 10.2. The number of aromatic nitrogens is 3. The van der Waals surface area contributed by atoms with E-state index in [0.717, 1.165) is 12.8 Å². The van der Waals surface area contributed by atoms with Crippen LogP contribution >= 0.6 is 0 Å². The molecular weight excluding hydrogens is 226 g/mol. The van der Waals surface area contributed by atoms with Crippen LogP contribution in [0.2, 0.25) is 0 Å². The summed E-state index contributed by atoms with van der Waals surface area (Å²) in [6, 6.07) is 0.0193. The SMILES string of the molecule is CNCc1nnn(C(C)C2CCC2)c1C(F)F. The van der Waals surface area contributed by atoms with Gasteiger partial charge in [0.25, 0.3) is 6.43 Å². The molecule has 1 atom stereocenters. The summed E-state index contributed by atoms with van der Waals surface area (Å²) in [7, 11) is 1.71. The van der Waals surface area contributed by atoms with Gasteiger partial charge < -0.3 is 5.32 Å². The molecule has 1 unspecified atom stereocenters. The highest BCUT2D eigenvalue weighted by Crippen LogP contribution is 2.37. The molecule has 0 saturated heterocycles. The van der Waals surface area contributed by atoms with Gasteiger partial charge >= 0.3 is 0 Å². The first-order valence-corrected chi connectivity index (χ1v) is 6.01. The number of halogens is 2. The monoisotopic (exact) mass is 244 g/mol. The van der Waals surface area contributed by atoms with E-state index in [0.29, 0.717) is 18.2 Å². The van der Waals surface area contributed by atoms with E-state index in [-0.39, 0.29) is 11.7 Å². The maximum atomic E-state index is 13.1. The summed E-state index contributed by atoms with van der Waals surface area (Å²) in [5, 5.41) is 10.6. The Kier molecular flexibility index (Phi) is 3.71. The third-order valence-electron chi connectivity index (χ3n) is 3.57. The summed E-state index contributed by atoms with van der Waals surface area (Å²) >= 11 is 0. The fourth-order valence-electron chi connectivity index (χ4n) is 2.28. The molecule has 4 nitrogen and oxygen atoms in total. The third kappa shape index (κ3) is 2.31. The molecule has 17 heavy (non-hydrogen) atoms. The Labute approximate surface area is 99.4 Å². The van der Waals surface area contributed by atoms with Gasteiger partial charge in [0.1, 0.15) is 11.4 Å². The minimum atomic E-state index is -2.52. The zero-order chi connectivity index (χ0) is 12.4. The van der Waals surface area contributed by atoms with Crippen LogP contribution < -0.4 is 5.32 Å². The van der Waals surface area contributed by atoms with Crippen LogP contribution in [0.25, 0.3) is 0 Å². The molecule has 1 aromatic heterocycles. The quantitative estimate of drug-likeness (QED) is 0.864. The number of hydrogen-bond donors (Lipinski definition) is 1. The lowest BCUT2D eigenvalue weighted by Gasteiger charge is -2.31. The minimum Gasteiger partial charge on any atom is -0.314 e. The number of rotatable bonds is 5. The molecule has 1 fully saturated rings. The molecule has 1 aliphatic carbocycles. The Morgan fingerprint density at radius 2 is 2.18 bits per heavy atom. The van der Waals surface area contributed by atoms with E-state index >= 15 is 0 Å². The predicted molar refractivity (Wildman–Crippen MR) is 59.8 cm³/mol. The first kappa shape index (κ1) is 12.4. The Hall–Kier alpha value is -1.04. The molecule has 1 heterocycles. The smallest absolute Gasteiger partial charge is 0.281 e. The number of nitrogens with zero attached hydrogens (tertiary/aromatic N) is 3. The van der Waals surface area contributed by atoms with E-state index in [2.05, 4.69) is 15.6 Å². The second-order valence-electron chi connectivity index (χ2n) is 4.63. The summed E-state index contributed by atoms with van der Waals surface area (Å²) in [6.07, 6.45) is 0.878. The first-order valence-electron chi connectivity index (χ1n) is 6.01. The van der Waals surface area contributed by atoms with Gasteiger partial charge in [-0.1, -0.05) is 11.6 Å². The highest BCUT2D eigenvalue weighted by Gasteiger charge is 2.30. The van der Waals surface area contributed by atoms with Gasteiger partial charge in [0.15, 0.2) is 0 Å². The maximum Gasteiger partial charge on any atom is 0.281 e. The molecule has 1 aromatic rings. The van der Waals surface area contributed by atoms with Crippen LogP contribution in [0.3, 0.4) is 0 Å². The van der Waals surface area contributed by atoms with Gasteiger partial charge in [-0.25, -0.2) is 13.5 Å². The topological polar surface area (TPSA) is 42.7 Å². The number of nitrogens with one attached hydrogen (secondary N) is 1. The van der Waals surface area contributed by atoms with Gasteiger partial charge in [-0.2, -0.15) is 0 Å². The van der Waals surface area contributed by atoms with Gasteiger partial charge in [-0.3, -0.25) is 0 Å². The van der Waals surface area contributed by atoms with Crippen molar-refractivity contribution in [3.05, 3.63) is 11.4 Å². The van der Waals surface area contributed by atoms with Crippen LogP contribution in [0.4, 0.5) is 8.78 Å². The summed E-state index contributed by atoms with van der Waals surface area (Å²) in [5.74, 6) is 0.469. The van der Waals surface area contributed by atoms with Gasteiger partial charge in [0.05, 0.1) is 6.04 Å². The number of hydrogen-bond acceptors (Lipinski definition) is 3. The number of alkyl halides is 2. The second-order valence-corrected chi connectivity index (χ2v) is 4.63. The Morgan fingerprint density at radius 3 is 2.65 bits per heavy atom. The molecule has 0 radical (unpaired) electrons. The van der Waals surface area contributed by atoms with Crippen molar-refractivity contribution in [1.82, 2.24) is 20.3 Å². The van der Waals surface area contributed by atoms with E-state index in [1.807, 2.05) is 6.92 Å². The Balaban J connectivity index is 2.25. The summed E-state index contributed by atoms with van der Waals surface area (Å²) < 4.78 is 27.5. The van der Waals surface area contributed by atoms with Crippen LogP contribution in [-0.2, 0) is 6.54 Å². The molecule has 0 aliphatic heterocycles. The molecule has 1 saturated carbocycles. The van der Waals surface area contributed by atoms with E-state index in [1.165, 1.54) is 11.1 Å². The van der Waals surface area contributed by atoms with Gasteiger partial charge in [0, 0.05) is 6.54 Å². The molecule has 1 N–H and O–H groups in total. The van der Waals surface area contributed by atoms with Crippen molar-refractivity contribution < 1.29 is 8.78 Å². The largest absolute Gasteiger partial charge is 0.314 e. The van der Waals surface area contributed by atoms with Gasteiger partial charge in [-0.15, -0.1) is 5.10 Å². The van der Waals surface area contributed by atoms with Crippen molar-refractivity contribution >= 4 is 0 Å². The minimum absolute atomic E-state index is 0.0193. The summed E-state index contributed by atoms with van der Waals surface area (Å²) in [5.41, 5.74) is 0.326. The van der Waals surface area contributed by atoms with Crippen LogP contribution in [-0.4, -0.2) is 22.0 Å². The second kappa shape index (κ2) is 5.08. The molecular formula is C11H18F2N4. The molecule has 6 heteroatoms. The van der Waals surface area contributed by atoms with Crippen LogP contribution in [0.5, 0.6) is 0 Å². The lowest BCUT2D eigenvalue weighted by molar-refractivity contribution is 0.123. The average Bonchev–Trinajstić information content (AvgIpc) is 2.59. The molecule has 0 bridgehead atoms. The van der Waals surface area contributed by atoms with Crippen molar-refractivity contribution in [1.29, 1.82) is 0 Å². The summed E-state index contributed by atoms with van der Waals surface area (Å²) in [4.78, 5) is 0. The lowest BCUT2D eigenvalue weighted by Crippen LogP contribution is -2.25. The van der Waals surface area contributed by atoms with Crippen molar-refractivity contribution in [2.75, 3.05) is 7.05 Å².